The van der Waals surface area contributed by atoms with Gasteiger partial charge in [-0.05, 0) is 18.5 Å². The highest BCUT2D eigenvalue weighted by Crippen LogP contribution is 2.24. The van der Waals surface area contributed by atoms with Gasteiger partial charge in [-0.15, -0.1) is 0 Å². The number of hydrogen-bond acceptors (Lipinski definition) is 2. The fraction of sp³-hybridized carbons (Fsp3) is 0.333. The minimum Gasteiger partial charge on any atom is -0.489 e. The van der Waals surface area contributed by atoms with Gasteiger partial charge in [0.25, 0.3) is 0 Å². The minimum atomic E-state index is 0.317. The molecule has 0 spiro atoms. The molecule has 2 nitrogen and oxygen atoms in total. The smallest absolute Gasteiger partial charge is 0.235 e. The van der Waals surface area contributed by atoms with Crippen molar-refractivity contribution in [2.45, 2.75) is 6.92 Å². The lowest BCUT2D eigenvalue weighted by Gasteiger charge is -1.95. The first-order valence-electron chi connectivity index (χ1n) is 2.70. The summed E-state index contributed by atoms with van der Waals surface area (Å²) in [5.74, 6) is 0.610. The first-order chi connectivity index (χ1) is 4.34. The maximum Gasteiger partial charge on any atom is 0.235 e. The molecule has 1 aromatic heterocycles. The molecule has 0 radical (unpaired) electrons. The van der Waals surface area contributed by atoms with Crippen LogP contribution in [0.3, 0.4) is 0 Å². The lowest BCUT2D eigenvalue weighted by Crippen LogP contribution is -1.88. The van der Waals surface area contributed by atoms with E-state index in [1.807, 2.05) is 6.92 Å². The first-order valence-corrected chi connectivity index (χ1v) is 3.08. The van der Waals surface area contributed by atoms with E-state index in [0.29, 0.717) is 17.6 Å². The van der Waals surface area contributed by atoms with Crippen molar-refractivity contribution in [3.8, 4) is 5.75 Å². The molecule has 0 N–H and O–H groups in total. The summed E-state index contributed by atoms with van der Waals surface area (Å²) in [5.41, 5.74) is 0. The van der Waals surface area contributed by atoms with Crippen molar-refractivity contribution in [2.75, 3.05) is 6.61 Å². The lowest BCUT2D eigenvalue weighted by molar-refractivity contribution is 0.336. The third-order valence-corrected chi connectivity index (χ3v) is 1.16. The van der Waals surface area contributed by atoms with Gasteiger partial charge < -0.3 is 9.15 Å². The molecule has 3 heteroatoms. The fourth-order valence-electron chi connectivity index (χ4n) is 0.540. The molecule has 1 aromatic rings. The monoisotopic (exact) mass is 146 g/mol. The van der Waals surface area contributed by atoms with Crippen molar-refractivity contribution in [3.63, 3.8) is 0 Å². The summed E-state index contributed by atoms with van der Waals surface area (Å²) in [5, 5.41) is 0.317. The first kappa shape index (κ1) is 6.49. The van der Waals surface area contributed by atoms with Crippen LogP contribution in [0.2, 0.25) is 5.22 Å². The van der Waals surface area contributed by atoms with Gasteiger partial charge in [0.1, 0.15) is 0 Å². The Balaban J connectivity index is 2.69. The summed E-state index contributed by atoms with van der Waals surface area (Å²) in [6.45, 7) is 2.50. The van der Waals surface area contributed by atoms with Crippen LogP contribution in [0.15, 0.2) is 16.7 Å². The Kier molecular flexibility index (Phi) is 2.01. The summed E-state index contributed by atoms with van der Waals surface area (Å²) < 4.78 is 9.81. The maximum absolute atomic E-state index is 5.53. The van der Waals surface area contributed by atoms with Crippen LogP contribution >= 0.6 is 11.6 Å². The van der Waals surface area contributed by atoms with Crippen LogP contribution in [0.4, 0.5) is 0 Å². The number of furan rings is 1. The van der Waals surface area contributed by atoms with Gasteiger partial charge in [-0.2, -0.15) is 0 Å². The Morgan fingerprint density at radius 3 is 3.00 bits per heavy atom. The SMILES string of the molecule is CCOc1ccoc1Cl. The topological polar surface area (TPSA) is 22.4 Å². The zero-order valence-corrected chi connectivity index (χ0v) is 5.81. The molecule has 9 heavy (non-hydrogen) atoms. The average Bonchev–Trinajstić information content (AvgIpc) is 2.18. The molecule has 0 aliphatic rings. The number of ether oxygens (including phenoxy) is 1. The molecule has 0 saturated heterocycles. The summed E-state index contributed by atoms with van der Waals surface area (Å²) in [7, 11) is 0. The van der Waals surface area contributed by atoms with Gasteiger partial charge in [0.15, 0.2) is 5.75 Å². The number of halogens is 1. The molecular formula is C6H7ClO2. The van der Waals surface area contributed by atoms with Crippen molar-refractivity contribution in [3.05, 3.63) is 17.5 Å². The normalized spacial score (nSPS) is 9.56. The molecule has 50 valence electrons. The quantitative estimate of drug-likeness (QED) is 0.639. The van der Waals surface area contributed by atoms with E-state index in [9.17, 15) is 0 Å². The Hall–Kier alpha value is -0.630. The van der Waals surface area contributed by atoms with Gasteiger partial charge in [0.2, 0.25) is 5.22 Å². The molecule has 0 unspecified atom stereocenters. The molecule has 0 aliphatic carbocycles. The molecule has 0 aromatic carbocycles. The van der Waals surface area contributed by atoms with Crippen molar-refractivity contribution >= 4 is 11.6 Å². The van der Waals surface area contributed by atoms with Crippen LogP contribution in [-0.2, 0) is 0 Å². The molecule has 0 amide bonds. The number of rotatable bonds is 2. The van der Waals surface area contributed by atoms with E-state index in [0.717, 1.165) is 0 Å². The Bertz CT molecular complexity index is 183. The predicted molar refractivity (Wildman–Crippen MR) is 34.9 cm³/mol. The van der Waals surface area contributed by atoms with E-state index in [4.69, 9.17) is 20.8 Å². The van der Waals surface area contributed by atoms with E-state index < -0.39 is 0 Å². The van der Waals surface area contributed by atoms with Crippen molar-refractivity contribution < 1.29 is 9.15 Å². The minimum absolute atomic E-state index is 0.317. The van der Waals surface area contributed by atoms with Gasteiger partial charge in [-0.25, -0.2) is 0 Å². The molecule has 0 saturated carbocycles. The second-order valence-corrected chi connectivity index (χ2v) is 1.83. The molecule has 0 bridgehead atoms. The maximum atomic E-state index is 5.53. The Labute approximate surface area is 58.4 Å². The zero-order chi connectivity index (χ0) is 6.69. The van der Waals surface area contributed by atoms with Crippen molar-refractivity contribution in [1.82, 2.24) is 0 Å². The van der Waals surface area contributed by atoms with Crippen molar-refractivity contribution in [1.29, 1.82) is 0 Å². The molecular weight excluding hydrogens is 140 g/mol. The van der Waals surface area contributed by atoms with Crippen LogP contribution in [0.25, 0.3) is 0 Å². The highest BCUT2D eigenvalue weighted by molar-refractivity contribution is 6.30. The fourth-order valence-corrected chi connectivity index (χ4v) is 0.708. The van der Waals surface area contributed by atoms with E-state index in [2.05, 4.69) is 0 Å². The third-order valence-electron chi connectivity index (χ3n) is 0.884. The van der Waals surface area contributed by atoms with Crippen LogP contribution in [0.5, 0.6) is 5.75 Å². The highest BCUT2D eigenvalue weighted by Gasteiger charge is 2.00. The molecule has 0 atom stereocenters. The van der Waals surface area contributed by atoms with Crippen LogP contribution < -0.4 is 4.74 Å². The van der Waals surface area contributed by atoms with E-state index in [-0.39, 0.29) is 0 Å². The zero-order valence-electron chi connectivity index (χ0n) is 5.06. The standard InChI is InChI=1S/C6H7ClO2/c1-2-8-5-3-4-9-6(5)7/h3-4H,2H2,1H3. The third kappa shape index (κ3) is 1.39. The highest BCUT2D eigenvalue weighted by atomic mass is 35.5. The molecule has 1 heterocycles. The summed E-state index contributed by atoms with van der Waals surface area (Å²) in [6.07, 6.45) is 1.49. The summed E-state index contributed by atoms with van der Waals surface area (Å²) in [6, 6.07) is 1.69. The van der Waals surface area contributed by atoms with Gasteiger partial charge in [-0.1, -0.05) is 0 Å². The van der Waals surface area contributed by atoms with Gasteiger partial charge in [0, 0.05) is 6.07 Å². The lowest BCUT2D eigenvalue weighted by atomic mass is 10.6. The number of hydrogen-bond donors (Lipinski definition) is 0. The van der Waals surface area contributed by atoms with Gasteiger partial charge in [-0.3, -0.25) is 0 Å². The molecule has 0 fully saturated rings. The Morgan fingerprint density at radius 2 is 2.56 bits per heavy atom. The van der Waals surface area contributed by atoms with Crippen LogP contribution in [-0.4, -0.2) is 6.61 Å². The van der Waals surface area contributed by atoms with E-state index >= 15 is 0 Å². The van der Waals surface area contributed by atoms with Crippen LogP contribution in [0, 0.1) is 0 Å². The second-order valence-electron chi connectivity index (χ2n) is 1.49. The van der Waals surface area contributed by atoms with Crippen LogP contribution in [0.1, 0.15) is 6.92 Å². The van der Waals surface area contributed by atoms with Gasteiger partial charge in [0.05, 0.1) is 12.9 Å². The average molecular weight is 147 g/mol. The molecule has 0 aliphatic heterocycles. The second kappa shape index (κ2) is 2.78. The van der Waals surface area contributed by atoms with Gasteiger partial charge >= 0.3 is 0 Å². The van der Waals surface area contributed by atoms with E-state index in [1.54, 1.807) is 6.07 Å². The summed E-state index contributed by atoms with van der Waals surface area (Å²) in [4.78, 5) is 0. The Morgan fingerprint density at radius 1 is 1.78 bits per heavy atom. The molecule has 1 rings (SSSR count). The largest absolute Gasteiger partial charge is 0.489 e. The van der Waals surface area contributed by atoms with Crippen molar-refractivity contribution in [2.24, 2.45) is 0 Å². The summed E-state index contributed by atoms with van der Waals surface area (Å²) >= 11 is 5.53. The van der Waals surface area contributed by atoms with E-state index in [1.165, 1.54) is 6.26 Å². The predicted octanol–water partition coefficient (Wildman–Crippen LogP) is 2.33.